The van der Waals surface area contributed by atoms with Gasteiger partial charge in [-0.25, -0.2) is 0 Å². The van der Waals surface area contributed by atoms with Crippen LogP contribution < -0.4 is 11.1 Å². The highest BCUT2D eigenvalue weighted by Gasteiger charge is 2.10. The third-order valence-corrected chi connectivity index (χ3v) is 4.65. The van der Waals surface area contributed by atoms with Crippen LogP contribution in [0.25, 0.3) is 0 Å². The second-order valence-corrected chi connectivity index (χ2v) is 6.81. The molecule has 0 saturated heterocycles. The van der Waals surface area contributed by atoms with E-state index in [1.807, 2.05) is 0 Å². The van der Waals surface area contributed by atoms with Gasteiger partial charge in [0.1, 0.15) is 0 Å². The number of aliphatic imine (C=N–C) groups is 1. The zero-order valence-electron chi connectivity index (χ0n) is 15.0. The van der Waals surface area contributed by atoms with Gasteiger partial charge in [0.15, 0.2) is 5.96 Å². The van der Waals surface area contributed by atoms with Gasteiger partial charge in [-0.2, -0.15) is 0 Å². The van der Waals surface area contributed by atoms with Crippen molar-refractivity contribution in [1.82, 2.24) is 4.90 Å². The number of guanidine groups is 1. The van der Waals surface area contributed by atoms with Crippen molar-refractivity contribution in [2.24, 2.45) is 10.7 Å². The zero-order valence-corrected chi connectivity index (χ0v) is 15.0. The predicted octanol–water partition coefficient (Wildman–Crippen LogP) is 3.42. The Morgan fingerprint density at radius 1 is 1.12 bits per heavy atom. The van der Waals surface area contributed by atoms with Crippen molar-refractivity contribution in [1.29, 1.82) is 0 Å². The predicted molar refractivity (Wildman–Crippen MR) is 106 cm³/mol. The second-order valence-electron chi connectivity index (χ2n) is 6.81. The minimum Gasteiger partial charge on any atom is -0.370 e. The van der Waals surface area contributed by atoms with E-state index in [2.05, 4.69) is 70.8 Å². The summed E-state index contributed by atoms with van der Waals surface area (Å²) >= 11 is 0. The Balaban J connectivity index is 1.40. The van der Waals surface area contributed by atoms with Crippen molar-refractivity contribution in [3.8, 4) is 0 Å². The summed E-state index contributed by atoms with van der Waals surface area (Å²) in [4.78, 5) is 6.76. The van der Waals surface area contributed by atoms with Crippen molar-refractivity contribution in [3.63, 3.8) is 0 Å². The first-order valence-corrected chi connectivity index (χ1v) is 9.12. The fourth-order valence-electron chi connectivity index (χ4n) is 3.35. The molecule has 0 unspecified atom stereocenters. The Morgan fingerprint density at radius 2 is 1.92 bits per heavy atom. The molecule has 2 aromatic carbocycles. The van der Waals surface area contributed by atoms with E-state index >= 15 is 0 Å². The molecular weight excluding hydrogens is 308 g/mol. The topological polar surface area (TPSA) is 53.6 Å². The van der Waals surface area contributed by atoms with Gasteiger partial charge >= 0.3 is 0 Å². The molecule has 0 bridgehead atoms. The van der Waals surface area contributed by atoms with Gasteiger partial charge in [-0.05, 0) is 68.1 Å². The summed E-state index contributed by atoms with van der Waals surface area (Å²) in [5, 5.41) is 3.21. The fourth-order valence-corrected chi connectivity index (χ4v) is 3.35. The summed E-state index contributed by atoms with van der Waals surface area (Å²) in [5.74, 6) is 0.503. The van der Waals surface area contributed by atoms with E-state index < -0.39 is 0 Å². The van der Waals surface area contributed by atoms with E-state index in [0.717, 1.165) is 31.7 Å². The van der Waals surface area contributed by atoms with Crippen LogP contribution in [0.1, 0.15) is 29.5 Å². The lowest BCUT2D eigenvalue weighted by atomic mass is 10.1. The maximum Gasteiger partial charge on any atom is 0.193 e. The molecule has 3 rings (SSSR count). The quantitative estimate of drug-likeness (QED) is 0.463. The van der Waals surface area contributed by atoms with Crippen LogP contribution in [0.4, 0.5) is 5.69 Å². The molecule has 0 radical (unpaired) electrons. The molecule has 2 aromatic rings. The van der Waals surface area contributed by atoms with E-state index in [9.17, 15) is 0 Å². The molecule has 0 aliphatic heterocycles. The number of benzene rings is 2. The first-order chi connectivity index (χ1) is 12.2. The molecule has 1 aliphatic carbocycles. The number of aryl methyl sites for hydroxylation is 2. The van der Waals surface area contributed by atoms with Gasteiger partial charge in [-0.3, -0.25) is 4.99 Å². The zero-order chi connectivity index (χ0) is 17.5. The first-order valence-electron chi connectivity index (χ1n) is 9.12. The molecule has 0 atom stereocenters. The number of nitrogens with two attached hydrogens (primary N) is 1. The van der Waals surface area contributed by atoms with E-state index in [1.54, 1.807) is 0 Å². The first kappa shape index (κ1) is 17.5. The maximum absolute atomic E-state index is 6.02. The van der Waals surface area contributed by atoms with Crippen LogP contribution in [0.5, 0.6) is 0 Å². The number of hydrogen-bond acceptors (Lipinski definition) is 2. The molecule has 25 heavy (non-hydrogen) atoms. The lowest BCUT2D eigenvalue weighted by molar-refractivity contribution is 0.324. The normalized spacial score (nSPS) is 13.9. The molecule has 0 amide bonds. The van der Waals surface area contributed by atoms with Gasteiger partial charge in [0.2, 0.25) is 0 Å². The lowest BCUT2D eigenvalue weighted by Gasteiger charge is -2.16. The Bertz CT molecular complexity index is 709. The van der Waals surface area contributed by atoms with E-state index in [-0.39, 0.29) is 0 Å². The summed E-state index contributed by atoms with van der Waals surface area (Å²) in [6.07, 6.45) is 4.64. The maximum atomic E-state index is 6.02. The number of hydrogen-bond donors (Lipinski definition) is 2. The SMILES string of the molecule is CN(CCCN=C(N)Nc1ccc2c(c1)CCC2)Cc1ccccc1. The average Bonchev–Trinajstić information content (AvgIpc) is 3.07. The number of nitrogens with one attached hydrogen (secondary N) is 1. The van der Waals surface area contributed by atoms with E-state index in [4.69, 9.17) is 5.73 Å². The highest BCUT2D eigenvalue weighted by Crippen LogP contribution is 2.24. The molecule has 0 heterocycles. The Labute approximate surface area is 150 Å². The van der Waals surface area contributed by atoms with Gasteiger partial charge in [0.25, 0.3) is 0 Å². The Kier molecular flexibility index (Phi) is 6.07. The lowest BCUT2D eigenvalue weighted by Crippen LogP contribution is -2.24. The molecule has 132 valence electrons. The second kappa shape index (κ2) is 8.67. The smallest absolute Gasteiger partial charge is 0.193 e. The molecule has 0 spiro atoms. The molecule has 3 N–H and O–H groups in total. The molecule has 4 nitrogen and oxygen atoms in total. The summed E-state index contributed by atoms with van der Waals surface area (Å²) < 4.78 is 0. The van der Waals surface area contributed by atoms with Crippen LogP contribution >= 0.6 is 0 Å². The highest BCUT2D eigenvalue weighted by molar-refractivity contribution is 5.92. The summed E-state index contributed by atoms with van der Waals surface area (Å²) in [7, 11) is 2.14. The van der Waals surface area contributed by atoms with Crippen LogP contribution in [0.3, 0.4) is 0 Å². The van der Waals surface area contributed by atoms with Crippen molar-refractivity contribution in [2.45, 2.75) is 32.2 Å². The number of nitrogens with zero attached hydrogens (tertiary/aromatic N) is 2. The molecule has 4 heteroatoms. The van der Waals surface area contributed by atoms with Gasteiger partial charge in [-0.15, -0.1) is 0 Å². The highest BCUT2D eigenvalue weighted by atomic mass is 15.1. The third kappa shape index (κ3) is 5.33. The number of fused-ring (bicyclic) bond motifs is 1. The average molecular weight is 336 g/mol. The number of rotatable bonds is 7. The minimum atomic E-state index is 0.503. The standard InChI is InChI=1S/C21H28N4/c1-25(16-17-7-3-2-4-8-17)14-6-13-23-21(22)24-20-12-11-18-9-5-10-19(18)15-20/h2-4,7-8,11-12,15H,5-6,9-10,13-14,16H2,1H3,(H3,22,23,24). The van der Waals surface area contributed by atoms with Gasteiger partial charge in [0, 0.05) is 18.8 Å². The third-order valence-electron chi connectivity index (χ3n) is 4.65. The summed E-state index contributed by atoms with van der Waals surface area (Å²) in [6.45, 7) is 2.71. The van der Waals surface area contributed by atoms with E-state index in [1.165, 1.54) is 36.0 Å². The van der Waals surface area contributed by atoms with Gasteiger partial charge in [0.05, 0.1) is 0 Å². The Morgan fingerprint density at radius 3 is 2.76 bits per heavy atom. The molecule has 1 aliphatic rings. The van der Waals surface area contributed by atoms with Crippen LogP contribution in [-0.2, 0) is 19.4 Å². The molecule has 0 aromatic heterocycles. The van der Waals surface area contributed by atoms with Crippen LogP contribution in [-0.4, -0.2) is 31.0 Å². The molecule has 0 saturated carbocycles. The van der Waals surface area contributed by atoms with Crippen molar-refractivity contribution in [3.05, 3.63) is 65.2 Å². The van der Waals surface area contributed by atoms with Crippen LogP contribution in [0.2, 0.25) is 0 Å². The fraction of sp³-hybridized carbons (Fsp3) is 0.381. The van der Waals surface area contributed by atoms with Gasteiger partial charge in [-0.1, -0.05) is 36.4 Å². The number of anilines is 1. The molecule has 0 fully saturated rings. The molecular formula is C21H28N4. The largest absolute Gasteiger partial charge is 0.370 e. The minimum absolute atomic E-state index is 0.503. The van der Waals surface area contributed by atoms with Crippen molar-refractivity contribution in [2.75, 3.05) is 25.5 Å². The van der Waals surface area contributed by atoms with Crippen LogP contribution in [0, 0.1) is 0 Å². The monoisotopic (exact) mass is 336 g/mol. The van der Waals surface area contributed by atoms with E-state index in [0.29, 0.717) is 5.96 Å². The van der Waals surface area contributed by atoms with Crippen molar-refractivity contribution < 1.29 is 0 Å². The van der Waals surface area contributed by atoms with Crippen molar-refractivity contribution >= 4 is 11.6 Å². The summed E-state index contributed by atoms with van der Waals surface area (Å²) in [6, 6.07) is 17.0. The van der Waals surface area contributed by atoms with Crippen LogP contribution in [0.15, 0.2) is 53.5 Å². The Hall–Kier alpha value is -2.33. The summed E-state index contributed by atoms with van der Waals surface area (Å²) in [5.41, 5.74) is 11.3. The van der Waals surface area contributed by atoms with Gasteiger partial charge < -0.3 is 16.0 Å².